The van der Waals surface area contributed by atoms with Crippen molar-refractivity contribution < 1.29 is 38.1 Å². The van der Waals surface area contributed by atoms with Crippen LogP contribution in [0.15, 0.2) is 100 Å². The molecule has 3 aromatic rings. The molecule has 2 amide bonds. The Morgan fingerprint density at radius 3 is 2.40 bits per heavy atom. The summed E-state index contributed by atoms with van der Waals surface area (Å²) in [6.45, 7) is 2.35. The highest BCUT2D eigenvalue weighted by molar-refractivity contribution is 6.13. The SMILES string of the molecule is COC(=O)/C=C(\COc1cc2c(cc1OC)C(=O)N1c3ccccc3C[C@H]1CN2)COC1(C)CC2=C(C=C1OC)C(=O)N1c3ccccc3C[C@H]1C=N2. The molecule has 0 spiro atoms. The Balaban J connectivity index is 1.01. The van der Waals surface area contributed by atoms with Gasteiger partial charge in [-0.1, -0.05) is 36.4 Å². The van der Waals surface area contributed by atoms with Crippen molar-refractivity contribution in [1.29, 1.82) is 0 Å². The van der Waals surface area contributed by atoms with E-state index in [1.165, 1.54) is 27.4 Å². The Hall–Kier alpha value is -5.88. The molecule has 0 saturated carbocycles. The van der Waals surface area contributed by atoms with Crippen molar-refractivity contribution in [3.63, 3.8) is 0 Å². The molecule has 12 nitrogen and oxygen atoms in total. The second-order valence-electron chi connectivity index (χ2n) is 13.8. The molecule has 1 unspecified atom stereocenters. The molecular formula is C41H40N4O8. The van der Waals surface area contributed by atoms with Gasteiger partial charge in [0.15, 0.2) is 11.5 Å². The third kappa shape index (κ3) is 6.02. The molecule has 1 aliphatic carbocycles. The molecule has 1 N–H and O–H groups in total. The third-order valence-electron chi connectivity index (χ3n) is 10.6. The van der Waals surface area contributed by atoms with E-state index in [-0.39, 0.29) is 43.5 Å². The summed E-state index contributed by atoms with van der Waals surface area (Å²) in [5, 5.41) is 3.44. The Bertz CT molecular complexity index is 2150. The van der Waals surface area contributed by atoms with E-state index < -0.39 is 11.6 Å². The minimum atomic E-state index is -1.02. The molecule has 3 aromatic carbocycles. The molecule has 5 aliphatic rings. The fourth-order valence-electron chi connectivity index (χ4n) is 7.85. The lowest BCUT2D eigenvalue weighted by Gasteiger charge is -2.35. The first-order valence-corrected chi connectivity index (χ1v) is 17.6. The zero-order chi connectivity index (χ0) is 36.9. The number of amides is 2. The van der Waals surface area contributed by atoms with Crippen LogP contribution < -0.4 is 24.6 Å². The lowest BCUT2D eigenvalue weighted by Crippen LogP contribution is -2.40. The van der Waals surface area contributed by atoms with Gasteiger partial charge in [0, 0.05) is 49.1 Å². The molecule has 3 atom stereocenters. The highest BCUT2D eigenvalue weighted by atomic mass is 16.5. The van der Waals surface area contributed by atoms with E-state index in [1.54, 1.807) is 23.1 Å². The molecule has 0 aromatic heterocycles. The van der Waals surface area contributed by atoms with Crippen LogP contribution in [0.25, 0.3) is 0 Å². The van der Waals surface area contributed by atoms with Gasteiger partial charge in [0.05, 0.1) is 62.5 Å². The van der Waals surface area contributed by atoms with Crippen LogP contribution in [0.5, 0.6) is 11.5 Å². The number of methoxy groups -OCH3 is 3. The fraction of sp³-hybridized carbons (Fsp3) is 0.317. The summed E-state index contributed by atoms with van der Waals surface area (Å²) in [6, 6.07) is 19.1. The summed E-state index contributed by atoms with van der Waals surface area (Å²) in [7, 11) is 4.35. The summed E-state index contributed by atoms with van der Waals surface area (Å²) in [5.74, 6) is 0.376. The molecule has 272 valence electrons. The number of hydrogen-bond acceptors (Lipinski definition) is 10. The predicted octanol–water partition coefficient (Wildman–Crippen LogP) is 5.18. The molecular weight excluding hydrogens is 676 g/mol. The molecule has 0 fully saturated rings. The van der Waals surface area contributed by atoms with Crippen LogP contribution in [0.2, 0.25) is 0 Å². The smallest absolute Gasteiger partial charge is 0.330 e. The van der Waals surface area contributed by atoms with Crippen LogP contribution in [0.3, 0.4) is 0 Å². The highest BCUT2D eigenvalue weighted by Gasteiger charge is 2.43. The van der Waals surface area contributed by atoms with Crippen molar-refractivity contribution >= 4 is 41.1 Å². The Morgan fingerprint density at radius 1 is 0.925 bits per heavy atom. The van der Waals surface area contributed by atoms with Gasteiger partial charge in [-0.05, 0) is 54.3 Å². The van der Waals surface area contributed by atoms with Crippen molar-refractivity contribution in [2.45, 2.75) is 43.9 Å². The number of fused-ring (bicyclic) bond motifs is 7. The van der Waals surface area contributed by atoms with Crippen LogP contribution in [0.1, 0.15) is 34.8 Å². The molecule has 0 bridgehead atoms. The first kappa shape index (κ1) is 34.2. The summed E-state index contributed by atoms with van der Waals surface area (Å²) in [4.78, 5) is 48.8. The topological polar surface area (TPSA) is 128 Å². The number of hydrogen-bond donors (Lipinski definition) is 1. The van der Waals surface area contributed by atoms with E-state index >= 15 is 0 Å². The Morgan fingerprint density at radius 2 is 1.66 bits per heavy atom. The maximum atomic E-state index is 13.9. The maximum absolute atomic E-state index is 13.9. The first-order valence-electron chi connectivity index (χ1n) is 17.6. The number of aliphatic imine (C=N–C) groups is 1. The Labute approximate surface area is 307 Å². The van der Waals surface area contributed by atoms with Crippen molar-refractivity contribution in [3.8, 4) is 11.5 Å². The molecule has 4 heterocycles. The predicted molar refractivity (Wildman–Crippen MR) is 199 cm³/mol. The quantitative estimate of drug-likeness (QED) is 0.236. The van der Waals surface area contributed by atoms with Crippen molar-refractivity contribution in [1.82, 2.24) is 0 Å². The molecule has 4 aliphatic heterocycles. The summed E-state index contributed by atoms with van der Waals surface area (Å²) < 4.78 is 29.2. The molecule has 8 rings (SSSR count). The molecule has 0 radical (unpaired) electrons. The van der Waals surface area contributed by atoms with Crippen LogP contribution in [-0.2, 0) is 36.6 Å². The van der Waals surface area contributed by atoms with Crippen LogP contribution in [-0.4, -0.2) is 82.8 Å². The summed E-state index contributed by atoms with van der Waals surface area (Å²) >= 11 is 0. The largest absolute Gasteiger partial charge is 0.498 e. The first-order chi connectivity index (χ1) is 25.7. The van der Waals surface area contributed by atoms with Gasteiger partial charge in [-0.15, -0.1) is 0 Å². The zero-order valence-corrected chi connectivity index (χ0v) is 30.0. The number of nitrogens with one attached hydrogen (secondary N) is 1. The third-order valence-corrected chi connectivity index (χ3v) is 10.6. The fourth-order valence-corrected chi connectivity index (χ4v) is 7.85. The standard InChI is InChI=1S/C41H40N4O8/c1-41(19-32-30(17-37(41)50-3)40(48)45-28(21-43-32)15-26-10-6-8-12-34(26)45)53-23-24(13-38(46)51-4)22-52-36-18-31-29(16-35(36)49-2)39(47)44-27(20-42-31)14-25-9-5-7-11-33(25)44/h5-13,16-18,21,27-28,42H,14-15,19-20,22-23H2,1-4H3/b24-13+/t27-,28-,41?/m0/s1. The number of anilines is 3. The second kappa shape index (κ2) is 13.6. The van der Waals surface area contributed by atoms with Crippen molar-refractivity contribution in [3.05, 3.63) is 112 Å². The summed E-state index contributed by atoms with van der Waals surface area (Å²) in [6.07, 6.45) is 6.59. The van der Waals surface area contributed by atoms with E-state index in [0.717, 1.165) is 28.9 Å². The number of rotatable bonds is 9. The van der Waals surface area contributed by atoms with E-state index in [2.05, 4.69) is 11.4 Å². The maximum Gasteiger partial charge on any atom is 0.330 e. The van der Waals surface area contributed by atoms with Gasteiger partial charge in [0.1, 0.15) is 18.0 Å². The van der Waals surface area contributed by atoms with Crippen LogP contribution >= 0.6 is 0 Å². The van der Waals surface area contributed by atoms with Gasteiger partial charge >= 0.3 is 5.97 Å². The van der Waals surface area contributed by atoms with Gasteiger partial charge in [-0.2, -0.15) is 0 Å². The molecule has 0 saturated heterocycles. The minimum absolute atomic E-state index is 0.0240. The van der Waals surface area contributed by atoms with E-state index in [1.807, 2.05) is 60.5 Å². The molecule has 12 heteroatoms. The van der Waals surface area contributed by atoms with E-state index in [9.17, 15) is 14.4 Å². The van der Waals surface area contributed by atoms with Gasteiger partial charge in [-0.25, -0.2) is 4.79 Å². The summed E-state index contributed by atoms with van der Waals surface area (Å²) in [5.41, 5.74) is 5.67. The highest BCUT2D eigenvalue weighted by Crippen LogP contribution is 2.43. The zero-order valence-electron chi connectivity index (χ0n) is 30.0. The van der Waals surface area contributed by atoms with Gasteiger partial charge in [0.2, 0.25) is 0 Å². The van der Waals surface area contributed by atoms with Gasteiger partial charge in [-0.3, -0.25) is 19.5 Å². The van der Waals surface area contributed by atoms with Crippen molar-refractivity contribution in [2.75, 3.05) is 56.2 Å². The number of carbonyl (C=O) groups excluding carboxylic acids is 3. The van der Waals surface area contributed by atoms with Crippen LogP contribution in [0.4, 0.5) is 17.1 Å². The second-order valence-corrected chi connectivity index (χ2v) is 13.8. The average Bonchev–Trinajstić information content (AvgIpc) is 3.67. The average molecular weight is 717 g/mol. The number of esters is 1. The lowest BCUT2D eigenvalue weighted by atomic mass is 9.88. The minimum Gasteiger partial charge on any atom is -0.498 e. The normalized spacial score (nSPS) is 22.6. The molecule has 53 heavy (non-hydrogen) atoms. The number of benzene rings is 3. The number of para-hydroxylation sites is 2. The number of ether oxygens (including phenoxy) is 5. The monoisotopic (exact) mass is 716 g/mol. The van der Waals surface area contributed by atoms with Crippen LogP contribution in [0, 0.1) is 0 Å². The van der Waals surface area contributed by atoms with E-state index in [4.69, 9.17) is 28.7 Å². The Kier molecular flexibility index (Phi) is 8.77. The van der Waals surface area contributed by atoms with E-state index in [0.29, 0.717) is 58.3 Å². The number of nitrogens with zero attached hydrogens (tertiary/aromatic N) is 3. The number of carbonyl (C=O) groups is 3. The lowest BCUT2D eigenvalue weighted by molar-refractivity contribution is -0.135. The van der Waals surface area contributed by atoms with Gasteiger partial charge in [0.25, 0.3) is 11.8 Å². The van der Waals surface area contributed by atoms with Crippen molar-refractivity contribution in [2.24, 2.45) is 4.99 Å². The van der Waals surface area contributed by atoms with Gasteiger partial charge < -0.3 is 33.9 Å².